The van der Waals surface area contributed by atoms with Crippen molar-refractivity contribution in [2.45, 2.75) is 58.4 Å². The number of carbonyl (C=O) groups excluding carboxylic acids is 1. The first kappa shape index (κ1) is 18.7. The topological polar surface area (TPSA) is 72.9 Å². The lowest BCUT2D eigenvalue weighted by Crippen LogP contribution is -2.58. The van der Waals surface area contributed by atoms with E-state index in [0.29, 0.717) is 13.1 Å². The maximum atomic E-state index is 12.7. The lowest BCUT2D eigenvalue weighted by Gasteiger charge is -2.35. The molecule has 1 unspecified atom stereocenters. The molecule has 1 aliphatic rings. The van der Waals surface area contributed by atoms with Gasteiger partial charge in [-0.3, -0.25) is 4.79 Å². The summed E-state index contributed by atoms with van der Waals surface area (Å²) in [5.74, 6) is -0.888. The van der Waals surface area contributed by atoms with Crippen molar-refractivity contribution in [2.75, 3.05) is 32.7 Å². The van der Waals surface area contributed by atoms with Crippen molar-refractivity contribution >= 4 is 12.0 Å². The molecule has 0 aromatic rings. The Hall–Kier alpha value is -1.30. The number of aliphatic carboxylic acids is 1. The Labute approximate surface area is 133 Å². The van der Waals surface area contributed by atoms with E-state index in [1.165, 1.54) is 0 Å². The van der Waals surface area contributed by atoms with E-state index in [1.807, 2.05) is 4.90 Å². The molecular weight excluding hydrogens is 282 g/mol. The van der Waals surface area contributed by atoms with Crippen LogP contribution in [0.25, 0.3) is 0 Å². The van der Waals surface area contributed by atoms with Crippen molar-refractivity contribution in [3.05, 3.63) is 0 Å². The van der Waals surface area contributed by atoms with E-state index < -0.39 is 12.0 Å². The standard InChI is InChI=1S/C16H31N3O3/c1-3-5-7-10-18(11-8-6-4-2)16(22)19-12-9-17-14(13-19)15(20)21/h14,17H,3-13H2,1-2H3,(H,20,21). The van der Waals surface area contributed by atoms with Gasteiger partial charge < -0.3 is 20.2 Å². The second-order valence-electron chi connectivity index (χ2n) is 5.97. The van der Waals surface area contributed by atoms with Gasteiger partial charge in [-0.1, -0.05) is 39.5 Å². The number of carboxylic acids is 1. The number of carbonyl (C=O) groups is 2. The highest BCUT2D eigenvalue weighted by atomic mass is 16.4. The predicted molar refractivity (Wildman–Crippen MR) is 87.0 cm³/mol. The van der Waals surface area contributed by atoms with Gasteiger partial charge in [0.2, 0.25) is 0 Å². The molecule has 6 nitrogen and oxygen atoms in total. The van der Waals surface area contributed by atoms with Gasteiger partial charge in [0.15, 0.2) is 0 Å². The smallest absolute Gasteiger partial charge is 0.322 e. The summed E-state index contributed by atoms with van der Waals surface area (Å²) in [7, 11) is 0. The molecule has 1 fully saturated rings. The summed E-state index contributed by atoms with van der Waals surface area (Å²) in [6.45, 7) is 7.23. The number of rotatable bonds is 9. The second kappa shape index (κ2) is 10.4. The third-order valence-corrected chi connectivity index (χ3v) is 4.08. The van der Waals surface area contributed by atoms with Gasteiger partial charge in [-0.25, -0.2) is 4.79 Å². The number of hydrogen-bond donors (Lipinski definition) is 2. The Balaban J connectivity index is 2.57. The molecule has 0 aromatic carbocycles. The van der Waals surface area contributed by atoms with E-state index >= 15 is 0 Å². The van der Waals surface area contributed by atoms with Crippen LogP contribution in [0.2, 0.25) is 0 Å². The highest BCUT2D eigenvalue weighted by Gasteiger charge is 2.29. The molecule has 128 valence electrons. The third kappa shape index (κ3) is 6.22. The number of nitrogens with zero attached hydrogens (tertiary/aromatic N) is 2. The second-order valence-corrected chi connectivity index (χ2v) is 5.97. The zero-order chi connectivity index (χ0) is 16.4. The normalized spacial score (nSPS) is 18.3. The van der Waals surface area contributed by atoms with Crippen molar-refractivity contribution in [2.24, 2.45) is 0 Å². The molecule has 0 aromatic heterocycles. The van der Waals surface area contributed by atoms with Gasteiger partial charge in [0.1, 0.15) is 6.04 Å². The molecule has 22 heavy (non-hydrogen) atoms. The third-order valence-electron chi connectivity index (χ3n) is 4.08. The Kier molecular flexibility index (Phi) is 8.89. The lowest BCUT2D eigenvalue weighted by molar-refractivity contribution is -0.140. The summed E-state index contributed by atoms with van der Waals surface area (Å²) < 4.78 is 0. The average Bonchev–Trinajstić information content (AvgIpc) is 2.53. The van der Waals surface area contributed by atoms with Crippen molar-refractivity contribution < 1.29 is 14.7 Å². The average molecular weight is 313 g/mol. The van der Waals surface area contributed by atoms with Crippen LogP contribution in [0.15, 0.2) is 0 Å². The van der Waals surface area contributed by atoms with Crippen LogP contribution in [-0.4, -0.2) is 65.7 Å². The van der Waals surface area contributed by atoms with E-state index in [1.54, 1.807) is 4.90 Å². The van der Waals surface area contributed by atoms with E-state index in [4.69, 9.17) is 5.11 Å². The number of amides is 2. The summed E-state index contributed by atoms with van der Waals surface area (Å²) in [5.41, 5.74) is 0. The number of hydrogen-bond acceptors (Lipinski definition) is 3. The van der Waals surface area contributed by atoms with Crippen LogP contribution in [0, 0.1) is 0 Å². The molecule has 1 aliphatic heterocycles. The fraction of sp³-hybridized carbons (Fsp3) is 0.875. The van der Waals surface area contributed by atoms with Crippen LogP contribution in [0.4, 0.5) is 4.79 Å². The van der Waals surface area contributed by atoms with Gasteiger partial charge in [-0.05, 0) is 12.8 Å². The van der Waals surface area contributed by atoms with Gasteiger partial charge in [0.25, 0.3) is 0 Å². The molecular formula is C16H31N3O3. The van der Waals surface area contributed by atoms with Crippen LogP contribution in [0.5, 0.6) is 0 Å². The largest absolute Gasteiger partial charge is 0.480 e. The molecule has 0 saturated carbocycles. The number of carboxylic acid groups (broad SMARTS) is 1. The summed E-state index contributed by atoms with van der Waals surface area (Å²) in [6.07, 6.45) is 6.54. The van der Waals surface area contributed by atoms with Crippen molar-refractivity contribution in [3.8, 4) is 0 Å². The molecule has 6 heteroatoms. The fourth-order valence-corrected chi connectivity index (χ4v) is 2.70. The molecule has 2 N–H and O–H groups in total. The molecule has 0 spiro atoms. The molecule has 1 saturated heterocycles. The van der Waals surface area contributed by atoms with Gasteiger partial charge in [0, 0.05) is 32.7 Å². The highest BCUT2D eigenvalue weighted by molar-refractivity contribution is 5.78. The first-order valence-electron chi connectivity index (χ1n) is 8.60. The molecule has 1 atom stereocenters. The van der Waals surface area contributed by atoms with Crippen LogP contribution in [-0.2, 0) is 4.79 Å². The van der Waals surface area contributed by atoms with Crippen LogP contribution in [0.3, 0.4) is 0 Å². The summed E-state index contributed by atoms with van der Waals surface area (Å²) in [5, 5.41) is 12.0. The summed E-state index contributed by atoms with van der Waals surface area (Å²) >= 11 is 0. The fourth-order valence-electron chi connectivity index (χ4n) is 2.70. The minimum absolute atomic E-state index is 0.0000406. The van der Waals surface area contributed by atoms with Gasteiger partial charge in [-0.15, -0.1) is 0 Å². The first-order valence-corrected chi connectivity index (χ1v) is 8.60. The van der Waals surface area contributed by atoms with Gasteiger partial charge in [-0.2, -0.15) is 0 Å². The van der Waals surface area contributed by atoms with Crippen molar-refractivity contribution in [1.29, 1.82) is 0 Å². The van der Waals surface area contributed by atoms with Gasteiger partial charge >= 0.3 is 12.0 Å². The zero-order valence-electron chi connectivity index (χ0n) is 14.0. The van der Waals surface area contributed by atoms with Crippen molar-refractivity contribution in [3.63, 3.8) is 0 Å². The molecule has 0 radical (unpaired) electrons. The predicted octanol–water partition coefficient (Wildman–Crippen LogP) is 2.15. The first-order chi connectivity index (χ1) is 10.6. The van der Waals surface area contributed by atoms with Crippen LogP contribution < -0.4 is 5.32 Å². The SMILES string of the molecule is CCCCCN(CCCCC)C(=O)N1CCNC(C(=O)O)C1. The Morgan fingerprint density at radius 2 is 1.73 bits per heavy atom. The van der Waals surface area contributed by atoms with E-state index in [2.05, 4.69) is 19.2 Å². The maximum Gasteiger partial charge on any atom is 0.322 e. The Bertz CT molecular complexity index is 340. The number of piperazine rings is 1. The maximum absolute atomic E-state index is 12.7. The number of unbranched alkanes of at least 4 members (excludes halogenated alkanes) is 4. The van der Waals surface area contributed by atoms with Crippen molar-refractivity contribution in [1.82, 2.24) is 15.1 Å². The Morgan fingerprint density at radius 1 is 1.14 bits per heavy atom. The lowest BCUT2D eigenvalue weighted by atomic mass is 10.2. The zero-order valence-corrected chi connectivity index (χ0v) is 14.0. The minimum atomic E-state index is -0.888. The molecule has 2 amide bonds. The number of urea groups is 1. The van der Waals surface area contributed by atoms with E-state index in [-0.39, 0.29) is 12.6 Å². The van der Waals surface area contributed by atoms with Crippen LogP contribution in [0.1, 0.15) is 52.4 Å². The minimum Gasteiger partial charge on any atom is -0.480 e. The quantitative estimate of drug-likeness (QED) is 0.640. The monoisotopic (exact) mass is 313 g/mol. The van der Waals surface area contributed by atoms with Gasteiger partial charge in [0.05, 0.1) is 0 Å². The van der Waals surface area contributed by atoms with E-state index in [0.717, 1.165) is 51.6 Å². The molecule has 0 aliphatic carbocycles. The van der Waals surface area contributed by atoms with Crippen LogP contribution >= 0.6 is 0 Å². The molecule has 1 rings (SSSR count). The summed E-state index contributed by atoms with van der Waals surface area (Å²) in [4.78, 5) is 27.4. The Morgan fingerprint density at radius 3 is 2.23 bits per heavy atom. The molecule has 1 heterocycles. The molecule has 0 bridgehead atoms. The number of nitrogens with one attached hydrogen (secondary N) is 1. The highest BCUT2D eigenvalue weighted by Crippen LogP contribution is 2.09. The summed E-state index contributed by atoms with van der Waals surface area (Å²) in [6, 6.07) is -0.647. The van der Waals surface area contributed by atoms with E-state index in [9.17, 15) is 9.59 Å².